The van der Waals surface area contributed by atoms with Gasteiger partial charge in [0.05, 0.1) is 6.04 Å². The number of hydrogen-bond donors (Lipinski definition) is 3. The molecule has 4 heteroatoms. The maximum absolute atomic E-state index is 11.7. The molecule has 0 spiro atoms. The van der Waals surface area contributed by atoms with Gasteiger partial charge in [0.15, 0.2) is 0 Å². The SMILES string of the molecule is CC(NC(=O)CCNC1CC1)c1cccc(O)c1. The second kappa shape index (κ2) is 5.87. The number of hydrogen-bond acceptors (Lipinski definition) is 3. The zero-order valence-electron chi connectivity index (χ0n) is 10.6. The number of amides is 1. The number of nitrogens with one attached hydrogen (secondary N) is 2. The van der Waals surface area contributed by atoms with Gasteiger partial charge in [-0.15, -0.1) is 0 Å². The lowest BCUT2D eigenvalue weighted by Gasteiger charge is -2.14. The van der Waals surface area contributed by atoms with Gasteiger partial charge in [-0.05, 0) is 37.5 Å². The predicted octanol–water partition coefficient (Wildman–Crippen LogP) is 1.71. The van der Waals surface area contributed by atoms with Gasteiger partial charge in [0, 0.05) is 19.0 Å². The van der Waals surface area contributed by atoms with Gasteiger partial charge in [0.1, 0.15) is 5.75 Å². The van der Waals surface area contributed by atoms with E-state index in [0.717, 1.165) is 12.1 Å². The summed E-state index contributed by atoms with van der Waals surface area (Å²) in [4.78, 5) is 11.7. The van der Waals surface area contributed by atoms with Crippen LogP contribution in [0.3, 0.4) is 0 Å². The summed E-state index contributed by atoms with van der Waals surface area (Å²) in [5, 5.41) is 15.6. The average molecular weight is 248 g/mol. The van der Waals surface area contributed by atoms with E-state index in [2.05, 4.69) is 10.6 Å². The molecule has 1 aliphatic rings. The summed E-state index contributed by atoms with van der Waals surface area (Å²) in [6.45, 7) is 2.66. The lowest BCUT2D eigenvalue weighted by molar-refractivity contribution is -0.121. The number of carbonyl (C=O) groups excluding carboxylic acids is 1. The number of benzene rings is 1. The van der Waals surface area contributed by atoms with E-state index < -0.39 is 0 Å². The van der Waals surface area contributed by atoms with Crippen molar-refractivity contribution in [3.8, 4) is 5.75 Å². The first-order valence-electron chi connectivity index (χ1n) is 6.47. The van der Waals surface area contributed by atoms with Gasteiger partial charge < -0.3 is 15.7 Å². The zero-order valence-corrected chi connectivity index (χ0v) is 10.6. The summed E-state index contributed by atoms with van der Waals surface area (Å²) in [6.07, 6.45) is 2.97. The van der Waals surface area contributed by atoms with Crippen molar-refractivity contribution in [2.75, 3.05) is 6.54 Å². The Balaban J connectivity index is 1.75. The van der Waals surface area contributed by atoms with Crippen molar-refractivity contribution in [1.29, 1.82) is 0 Å². The number of rotatable bonds is 6. The monoisotopic (exact) mass is 248 g/mol. The highest BCUT2D eigenvalue weighted by Crippen LogP contribution is 2.19. The Kier molecular flexibility index (Phi) is 4.20. The molecule has 0 saturated heterocycles. The number of phenols is 1. The van der Waals surface area contributed by atoms with Gasteiger partial charge in [-0.2, -0.15) is 0 Å². The van der Waals surface area contributed by atoms with E-state index in [1.165, 1.54) is 12.8 Å². The summed E-state index contributed by atoms with van der Waals surface area (Å²) in [5.41, 5.74) is 0.915. The molecule has 18 heavy (non-hydrogen) atoms. The van der Waals surface area contributed by atoms with Gasteiger partial charge in [-0.1, -0.05) is 12.1 Å². The lowest BCUT2D eigenvalue weighted by atomic mass is 10.1. The molecule has 4 nitrogen and oxygen atoms in total. The second-order valence-corrected chi connectivity index (χ2v) is 4.86. The van der Waals surface area contributed by atoms with Gasteiger partial charge in [0.25, 0.3) is 0 Å². The van der Waals surface area contributed by atoms with Crippen molar-refractivity contribution in [3.63, 3.8) is 0 Å². The Labute approximate surface area is 107 Å². The van der Waals surface area contributed by atoms with E-state index in [4.69, 9.17) is 0 Å². The Hall–Kier alpha value is -1.55. The molecular formula is C14H20N2O2. The van der Waals surface area contributed by atoms with Gasteiger partial charge >= 0.3 is 0 Å². The van der Waals surface area contributed by atoms with Crippen LogP contribution in [0.4, 0.5) is 0 Å². The highest BCUT2D eigenvalue weighted by molar-refractivity contribution is 5.76. The Morgan fingerprint density at radius 3 is 2.94 bits per heavy atom. The molecule has 1 fully saturated rings. The van der Waals surface area contributed by atoms with Crippen molar-refractivity contribution in [2.45, 2.75) is 38.3 Å². The van der Waals surface area contributed by atoms with Crippen molar-refractivity contribution in [2.24, 2.45) is 0 Å². The van der Waals surface area contributed by atoms with Crippen LogP contribution in [0.15, 0.2) is 24.3 Å². The Morgan fingerprint density at radius 2 is 2.28 bits per heavy atom. The number of phenolic OH excluding ortho intramolecular Hbond substituents is 1. The highest BCUT2D eigenvalue weighted by Gasteiger charge is 2.20. The average Bonchev–Trinajstić information content (AvgIpc) is 3.13. The van der Waals surface area contributed by atoms with E-state index in [-0.39, 0.29) is 17.7 Å². The first-order chi connectivity index (χ1) is 8.65. The molecule has 2 rings (SSSR count). The maximum Gasteiger partial charge on any atom is 0.221 e. The molecule has 0 bridgehead atoms. The topological polar surface area (TPSA) is 61.4 Å². The second-order valence-electron chi connectivity index (χ2n) is 4.86. The van der Waals surface area contributed by atoms with Crippen molar-refractivity contribution >= 4 is 5.91 Å². The largest absolute Gasteiger partial charge is 0.508 e. The van der Waals surface area contributed by atoms with Crippen molar-refractivity contribution < 1.29 is 9.90 Å². The minimum atomic E-state index is -0.0782. The molecule has 1 saturated carbocycles. The third kappa shape index (κ3) is 4.04. The number of carbonyl (C=O) groups is 1. The fourth-order valence-corrected chi connectivity index (χ4v) is 1.87. The van der Waals surface area contributed by atoms with Gasteiger partial charge in [0.2, 0.25) is 5.91 Å². The van der Waals surface area contributed by atoms with Crippen LogP contribution in [0, 0.1) is 0 Å². The molecule has 1 unspecified atom stereocenters. The summed E-state index contributed by atoms with van der Waals surface area (Å²) >= 11 is 0. The molecule has 0 aromatic heterocycles. The van der Waals surface area contributed by atoms with E-state index >= 15 is 0 Å². The molecule has 3 N–H and O–H groups in total. The fraction of sp³-hybridized carbons (Fsp3) is 0.500. The zero-order chi connectivity index (χ0) is 13.0. The van der Waals surface area contributed by atoms with Crippen LogP contribution in [0.2, 0.25) is 0 Å². The van der Waals surface area contributed by atoms with E-state index in [1.54, 1.807) is 18.2 Å². The van der Waals surface area contributed by atoms with E-state index in [9.17, 15) is 9.90 Å². The van der Waals surface area contributed by atoms with Crippen LogP contribution < -0.4 is 10.6 Å². The molecule has 1 aromatic rings. The Morgan fingerprint density at radius 1 is 1.50 bits per heavy atom. The third-order valence-corrected chi connectivity index (χ3v) is 3.11. The summed E-state index contributed by atoms with van der Waals surface area (Å²) in [7, 11) is 0. The molecule has 98 valence electrons. The normalized spacial score (nSPS) is 16.3. The molecule has 0 aliphatic heterocycles. The smallest absolute Gasteiger partial charge is 0.221 e. The van der Waals surface area contributed by atoms with E-state index in [1.807, 2.05) is 13.0 Å². The quantitative estimate of drug-likeness (QED) is 0.718. The predicted molar refractivity (Wildman–Crippen MR) is 70.3 cm³/mol. The van der Waals surface area contributed by atoms with Crippen LogP contribution in [0.5, 0.6) is 5.75 Å². The van der Waals surface area contributed by atoms with Crippen LogP contribution >= 0.6 is 0 Å². The minimum Gasteiger partial charge on any atom is -0.508 e. The first-order valence-corrected chi connectivity index (χ1v) is 6.47. The molecule has 0 radical (unpaired) electrons. The summed E-state index contributed by atoms with van der Waals surface area (Å²) < 4.78 is 0. The third-order valence-electron chi connectivity index (χ3n) is 3.11. The molecule has 1 aromatic carbocycles. The molecule has 1 amide bonds. The number of aromatic hydroxyl groups is 1. The van der Waals surface area contributed by atoms with Crippen LogP contribution in [0.1, 0.15) is 37.8 Å². The van der Waals surface area contributed by atoms with Crippen LogP contribution in [-0.4, -0.2) is 23.6 Å². The van der Waals surface area contributed by atoms with Crippen LogP contribution in [-0.2, 0) is 4.79 Å². The van der Waals surface area contributed by atoms with Crippen LogP contribution in [0.25, 0.3) is 0 Å². The first kappa shape index (κ1) is 12.9. The van der Waals surface area contributed by atoms with Crippen molar-refractivity contribution in [3.05, 3.63) is 29.8 Å². The molecule has 1 aliphatic carbocycles. The summed E-state index contributed by atoms with van der Waals surface area (Å²) in [6, 6.07) is 7.53. The molecular weight excluding hydrogens is 228 g/mol. The van der Waals surface area contributed by atoms with Gasteiger partial charge in [-0.25, -0.2) is 0 Å². The molecule has 0 heterocycles. The molecule has 1 atom stereocenters. The Bertz CT molecular complexity index is 416. The van der Waals surface area contributed by atoms with E-state index in [0.29, 0.717) is 12.5 Å². The minimum absolute atomic E-state index is 0.0407. The van der Waals surface area contributed by atoms with Gasteiger partial charge in [-0.3, -0.25) is 4.79 Å². The lowest BCUT2D eigenvalue weighted by Crippen LogP contribution is -2.30. The highest BCUT2D eigenvalue weighted by atomic mass is 16.3. The fourth-order valence-electron chi connectivity index (χ4n) is 1.87. The standard InChI is InChI=1S/C14H20N2O2/c1-10(11-3-2-4-13(17)9-11)16-14(18)7-8-15-12-5-6-12/h2-4,9-10,12,15,17H,5-8H2,1H3,(H,16,18). The maximum atomic E-state index is 11.7. The van der Waals surface area contributed by atoms with Crippen molar-refractivity contribution in [1.82, 2.24) is 10.6 Å². The summed E-state index contributed by atoms with van der Waals surface area (Å²) in [5.74, 6) is 0.267.